The monoisotopic (exact) mass is 294 g/mol. The number of aryl methyl sites for hydroxylation is 1. The van der Waals surface area contributed by atoms with E-state index in [-0.39, 0.29) is 16.5 Å². The third-order valence-corrected chi connectivity index (χ3v) is 5.14. The first kappa shape index (κ1) is 15.1. The molecule has 0 saturated heterocycles. The summed E-state index contributed by atoms with van der Waals surface area (Å²) in [5.74, 6) is 0.214. The Bertz CT molecular complexity index is 565. The summed E-state index contributed by atoms with van der Waals surface area (Å²) in [4.78, 5) is -0.0151. The number of nitrogens with two attached hydrogens (primary N) is 1. The Labute approximate surface area is 109 Å². The van der Waals surface area contributed by atoms with E-state index in [0.717, 1.165) is 0 Å². The van der Waals surface area contributed by atoms with Gasteiger partial charge in [0.25, 0.3) is 0 Å². The van der Waals surface area contributed by atoms with E-state index in [1.165, 1.54) is 10.9 Å². The van der Waals surface area contributed by atoms with Crippen LogP contribution in [0.3, 0.4) is 0 Å². The molecule has 18 heavy (non-hydrogen) atoms. The van der Waals surface area contributed by atoms with Crippen molar-refractivity contribution in [3.63, 3.8) is 0 Å². The molecule has 1 rings (SSSR count). The Morgan fingerprint density at radius 2 is 2.11 bits per heavy atom. The zero-order valence-corrected chi connectivity index (χ0v) is 12.4. The highest BCUT2D eigenvalue weighted by atomic mass is 32.2. The highest BCUT2D eigenvalue weighted by molar-refractivity contribution is 7.89. The minimum absolute atomic E-state index is 0.0151. The smallest absolute Gasteiger partial charge is 0.246 e. The molecular weight excluding hydrogens is 276 g/mol. The maximum Gasteiger partial charge on any atom is 0.246 e. The quantitative estimate of drug-likeness (QED) is 0.751. The fourth-order valence-corrected chi connectivity index (χ4v) is 4.12. The average molecular weight is 294 g/mol. The maximum atomic E-state index is 12.1. The van der Waals surface area contributed by atoms with Crippen LogP contribution in [0.25, 0.3) is 0 Å². The second kappa shape index (κ2) is 5.37. The molecule has 1 heterocycles. The van der Waals surface area contributed by atoms with Crippen LogP contribution >= 0.6 is 0 Å². The van der Waals surface area contributed by atoms with Crippen LogP contribution < -0.4 is 10.5 Å². The van der Waals surface area contributed by atoms with Crippen LogP contribution in [-0.4, -0.2) is 40.5 Å². The van der Waals surface area contributed by atoms with Crippen molar-refractivity contribution in [2.24, 2.45) is 7.05 Å². The highest BCUT2D eigenvalue weighted by Gasteiger charge is 2.26. The first-order valence-electron chi connectivity index (χ1n) is 5.26. The Hall–Kier alpha value is -0.930. The summed E-state index contributed by atoms with van der Waals surface area (Å²) in [7, 11) is -3.19. The van der Waals surface area contributed by atoms with Gasteiger partial charge in [0.1, 0.15) is 4.90 Å². The number of anilines is 1. The summed E-state index contributed by atoms with van der Waals surface area (Å²) in [6, 6.07) is -0.431. The fraction of sp³-hybridized carbons (Fsp3) is 0.667. The number of hydrogen-bond donors (Lipinski definition) is 2. The van der Waals surface area contributed by atoms with Gasteiger partial charge in [-0.2, -0.15) is 5.10 Å². The van der Waals surface area contributed by atoms with Gasteiger partial charge in [-0.15, -0.1) is 0 Å². The van der Waals surface area contributed by atoms with Crippen LogP contribution in [0.1, 0.15) is 12.6 Å². The highest BCUT2D eigenvalue weighted by Crippen LogP contribution is 2.21. The van der Waals surface area contributed by atoms with Gasteiger partial charge in [0, 0.05) is 35.9 Å². The van der Waals surface area contributed by atoms with Gasteiger partial charge in [0.05, 0.1) is 5.69 Å². The first-order chi connectivity index (χ1) is 8.15. The van der Waals surface area contributed by atoms with Crippen molar-refractivity contribution >= 4 is 26.6 Å². The van der Waals surface area contributed by atoms with Crippen molar-refractivity contribution in [1.82, 2.24) is 14.5 Å². The number of rotatable bonds is 5. The normalized spacial score (nSPS) is 15.6. The molecule has 0 aromatic carbocycles. The van der Waals surface area contributed by atoms with Gasteiger partial charge in [-0.05, 0) is 13.8 Å². The summed E-state index contributed by atoms with van der Waals surface area (Å²) in [5, 5.41) is 3.86. The molecule has 0 saturated carbocycles. The summed E-state index contributed by atoms with van der Waals surface area (Å²) >= 11 is 0. The second-order valence-corrected chi connectivity index (χ2v) is 7.32. The molecule has 2 atom stereocenters. The predicted molar refractivity (Wildman–Crippen MR) is 71.1 cm³/mol. The third-order valence-electron chi connectivity index (χ3n) is 2.41. The van der Waals surface area contributed by atoms with Crippen LogP contribution in [0.2, 0.25) is 0 Å². The molecule has 7 nitrogen and oxygen atoms in total. The second-order valence-electron chi connectivity index (χ2n) is 4.19. The Morgan fingerprint density at radius 3 is 2.50 bits per heavy atom. The topological polar surface area (TPSA) is 107 Å². The molecule has 1 aromatic heterocycles. The molecule has 0 amide bonds. The molecule has 0 bridgehead atoms. The van der Waals surface area contributed by atoms with Gasteiger partial charge in [0.2, 0.25) is 10.0 Å². The van der Waals surface area contributed by atoms with Gasteiger partial charge in [-0.25, -0.2) is 13.1 Å². The third kappa shape index (κ3) is 3.30. The van der Waals surface area contributed by atoms with Crippen LogP contribution in [0.5, 0.6) is 0 Å². The SMILES string of the molecule is Cc1c(S(=O)(=O)NC(C)CS(C)=O)c(N)nn1C. The molecule has 0 radical (unpaired) electrons. The molecule has 0 aliphatic heterocycles. The summed E-state index contributed by atoms with van der Waals surface area (Å²) < 4.78 is 39.2. The number of aromatic nitrogens is 2. The van der Waals surface area contributed by atoms with E-state index in [1.807, 2.05) is 0 Å². The number of nitrogens with zero attached hydrogens (tertiary/aromatic N) is 2. The maximum absolute atomic E-state index is 12.1. The molecule has 1 aromatic rings. The van der Waals surface area contributed by atoms with Gasteiger partial charge in [-0.3, -0.25) is 8.89 Å². The summed E-state index contributed by atoms with van der Waals surface area (Å²) in [5.41, 5.74) is 6.06. The largest absolute Gasteiger partial charge is 0.381 e. The lowest BCUT2D eigenvalue weighted by Gasteiger charge is -2.12. The Morgan fingerprint density at radius 1 is 1.56 bits per heavy atom. The van der Waals surface area contributed by atoms with E-state index in [0.29, 0.717) is 5.69 Å². The molecular formula is C9H18N4O3S2. The zero-order valence-electron chi connectivity index (χ0n) is 10.8. The molecule has 3 N–H and O–H groups in total. The Kier molecular flexibility index (Phi) is 4.51. The lowest BCUT2D eigenvalue weighted by atomic mass is 10.4. The van der Waals surface area contributed by atoms with E-state index in [1.54, 1.807) is 20.9 Å². The van der Waals surface area contributed by atoms with Crippen molar-refractivity contribution in [2.75, 3.05) is 17.7 Å². The van der Waals surface area contributed by atoms with Crippen molar-refractivity contribution in [3.05, 3.63) is 5.69 Å². The van der Waals surface area contributed by atoms with E-state index >= 15 is 0 Å². The first-order valence-corrected chi connectivity index (χ1v) is 8.47. The molecule has 104 valence electrons. The zero-order chi connectivity index (χ0) is 14.1. The minimum Gasteiger partial charge on any atom is -0.381 e. The van der Waals surface area contributed by atoms with E-state index in [2.05, 4.69) is 9.82 Å². The van der Waals surface area contributed by atoms with Gasteiger partial charge < -0.3 is 5.73 Å². The van der Waals surface area contributed by atoms with Gasteiger partial charge in [-0.1, -0.05) is 0 Å². The van der Waals surface area contributed by atoms with E-state index in [4.69, 9.17) is 5.73 Å². The standard InChI is InChI=1S/C9H18N4O3S2/c1-6(5-17(4)14)12-18(15,16)8-7(2)13(3)11-9(8)10/h6,12H,5H2,1-4H3,(H2,10,11). The van der Waals surface area contributed by atoms with Gasteiger partial charge >= 0.3 is 0 Å². The van der Waals surface area contributed by atoms with Crippen LogP contribution in [0.15, 0.2) is 4.90 Å². The Balaban J connectivity index is 3.04. The lowest BCUT2D eigenvalue weighted by molar-refractivity contribution is 0.569. The fourth-order valence-electron chi connectivity index (χ4n) is 1.66. The van der Waals surface area contributed by atoms with Crippen molar-refractivity contribution in [2.45, 2.75) is 24.8 Å². The van der Waals surface area contributed by atoms with Crippen molar-refractivity contribution in [3.8, 4) is 0 Å². The molecule has 9 heteroatoms. The van der Waals surface area contributed by atoms with Crippen molar-refractivity contribution < 1.29 is 12.6 Å². The summed E-state index contributed by atoms with van der Waals surface area (Å²) in [6.45, 7) is 3.28. The molecule has 0 spiro atoms. The summed E-state index contributed by atoms with van der Waals surface area (Å²) in [6.07, 6.45) is 1.52. The average Bonchev–Trinajstić information content (AvgIpc) is 2.37. The number of nitrogens with one attached hydrogen (secondary N) is 1. The minimum atomic E-state index is -3.74. The van der Waals surface area contributed by atoms with Gasteiger partial charge in [0.15, 0.2) is 5.82 Å². The lowest BCUT2D eigenvalue weighted by Crippen LogP contribution is -2.36. The molecule has 0 aliphatic carbocycles. The predicted octanol–water partition coefficient (Wildman–Crippen LogP) is -0.644. The van der Waals surface area contributed by atoms with Crippen LogP contribution in [0.4, 0.5) is 5.82 Å². The van der Waals surface area contributed by atoms with E-state index in [9.17, 15) is 12.6 Å². The van der Waals surface area contributed by atoms with Crippen molar-refractivity contribution in [1.29, 1.82) is 0 Å². The van der Waals surface area contributed by atoms with E-state index < -0.39 is 26.9 Å². The van der Waals surface area contributed by atoms with Crippen LogP contribution in [-0.2, 0) is 27.9 Å². The molecule has 0 aliphatic rings. The number of hydrogen-bond acceptors (Lipinski definition) is 5. The number of nitrogen functional groups attached to an aromatic ring is 1. The molecule has 2 unspecified atom stereocenters. The van der Waals surface area contributed by atoms with Crippen LogP contribution in [0, 0.1) is 6.92 Å². The molecule has 0 fully saturated rings. The number of sulfonamides is 1.